The van der Waals surface area contributed by atoms with E-state index in [4.69, 9.17) is 10.5 Å². The molecule has 1 heterocycles. The van der Waals surface area contributed by atoms with Gasteiger partial charge in [-0.25, -0.2) is 8.78 Å². The maximum Gasteiger partial charge on any atom is 0.127 e. The molecule has 1 aliphatic heterocycles. The molecular formula is C16H15F2NO. The van der Waals surface area contributed by atoms with Crippen LogP contribution < -0.4 is 10.5 Å². The second kappa shape index (κ2) is 4.87. The van der Waals surface area contributed by atoms with Gasteiger partial charge in [0.1, 0.15) is 23.5 Å². The molecule has 3 rings (SSSR count). The van der Waals surface area contributed by atoms with Gasteiger partial charge >= 0.3 is 0 Å². The average Bonchev–Trinajstić information content (AvgIpc) is 2.41. The van der Waals surface area contributed by atoms with Gasteiger partial charge in [-0.1, -0.05) is 18.2 Å². The third kappa shape index (κ3) is 2.27. The minimum atomic E-state index is -0.369. The first kappa shape index (κ1) is 13.1. The highest BCUT2D eigenvalue weighted by molar-refractivity contribution is 5.40. The van der Waals surface area contributed by atoms with Crippen LogP contribution >= 0.6 is 0 Å². The zero-order valence-electron chi connectivity index (χ0n) is 11.1. The van der Waals surface area contributed by atoms with Gasteiger partial charge in [0.2, 0.25) is 0 Å². The van der Waals surface area contributed by atoms with Gasteiger partial charge < -0.3 is 10.5 Å². The minimum absolute atomic E-state index is 0.242. The van der Waals surface area contributed by atoms with E-state index in [1.54, 1.807) is 19.1 Å². The zero-order chi connectivity index (χ0) is 14.3. The van der Waals surface area contributed by atoms with E-state index in [9.17, 15) is 8.78 Å². The number of nitrogens with two attached hydrogens (primary N) is 1. The van der Waals surface area contributed by atoms with Crippen LogP contribution in [-0.2, 0) is 0 Å². The van der Waals surface area contributed by atoms with Crippen LogP contribution in [0, 0.1) is 18.6 Å². The highest BCUT2D eigenvalue weighted by Gasteiger charge is 2.27. The molecule has 0 aromatic heterocycles. The van der Waals surface area contributed by atoms with Crippen molar-refractivity contribution < 1.29 is 13.5 Å². The molecule has 0 saturated heterocycles. The van der Waals surface area contributed by atoms with Gasteiger partial charge in [0, 0.05) is 24.1 Å². The highest BCUT2D eigenvalue weighted by atomic mass is 19.1. The van der Waals surface area contributed by atoms with Crippen LogP contribution in [0.2, 0.25) is 0 Å². The number of halogens is 2. The average molecular weight is 275 g/mol. The molecule has 104 valence electrons. The predicted octanol–water partition coefficient (Wildman–Crippen LogP) is 3.80. The van der Waals surface area contributed by atoms with Crippen LogP contribution in [0.5, 0.6) is 5.75 Å². The topological polar surface area (TPSA) is 35.2 Å². The minimum Gasteiger partial charge on any atom is -0.485 e. The van der Waals surface area contributed by atoms with E-state index in [1.807, 2.05) is 6.07 Å². The molecule has 0 radical (unpaired) electrons. The summed E-state index contributed by atoms with van der Waals surface area (Å²) in [6.45, 7) is 1.71. The maximum atomic E-state index is 13.6. The monoisotopic (exact) mass is 275 g/mol. The van der Waals surface area contributed by atoms with Gasteiger partial charge in [0.05, 0.1) is 0 Å². The molecule has 0 fully saturated rings. The predicted molar refractivity (Wildman–Crippen MR) is 72.5 cm³/mol. The van der Waals surface area contributed by atoms with Gasteiger partial charge in [-0.05, 0) is 30.2 Å². The van der Waals surface area contributed by atoms with E-state index in [-0.39, 0.29) is 23.8 Å². The van der Waals surface area contributed by atoms with Crippen molar-refractivity contribution in [3.05, 3.63) is 64.7 Å². The number of hydrogen-bond acceptors (Lipinski definition) is 2. The summed E-state index contributed by atoms with van der Waals surface area (Å²) in [6.07, 6.45) is 0.190. The van der Waals surface area contributed by atoms with Crippen LogP contribution in [-0.4, -0.2) is 0 Å². The number of aryl methyl sites for hydroxylation is 1. The van der Waals surface area contributed by atoms with E-state index in [0.717, 1.165) is 11.1 Å². The fraction of sp³-hybridized carbons (Fsp3) is 0.250. The fourth-order valence-electron chi connectivity index (χ4n) is 2.49. The molecule has 1 aliphatic rings. The van der Waals surface area contributed by atoms with Gasteiger partial charge in [-0.3, -0.25) is 0 Å². The summed E-state index contributed by atoms with van der Waals surface area (Å²) in [4.78, 5) is 0. The molecule has 2 unspecified atom stereocenters. The van der Waals surface area contributed by atoms with Gasteiger partial charge in [-0.2, -0.15) is 0 Å². The summed E-state index contributed by atoms with van der Waals surface area (Å²) in [5.41, 5.74) is 8.19. The fourth-order valence-corrected chi connectivity index (χ4v) is 2.49. The Balaban J connectivity index is 1.96. The molecule has 20 heavy (non-hydrogen) atoms. The molecular weight excluding hydrogens is 260 g/mol. The Bertz CT molecular complexity index is 657. The SMILES string of the molecule is Cc1ccc(C2CC(N)c3ccc(F)cc3O2)cc1F. The summed E-state index contributed by atoms with van der Waals surface area (Å²) in [6, 6.07) is 9.08. The summed E-state index contributed by atoms with van der Waals surface area (Å²) < 4.78 is 32.7. The van der Waals surface area contributed by atoms with Gasteiger partial charge in [0.25, 0.3) is 0 Å². The molecule has 0 saturated carbocycles. The van der Waals surface area contributed by atoms with Crippen LogP contribution in [0.1, 0.15) is 35.3 Å². The van der Waals surface area contributed by atoms with Crippen molar-refractivity contribution in [2.75, 3.05) is 0 Å². The summed E-state index contributed by atoms with van der Waals surface area (Å²) in [7, 11) is 0. The summed E-state index contributed by atoms with van der Waals surface area (Å²) >= 11 is 0. The van der Waals surface area contributed by atoms with Gasteiger partial charge in [0.15, 0.2) is 0 Å². The lowest BCUT2D eigenvalue weighted by molar-refractivity contribution is 0.160. The Kier molecular flexibility index (Phi) is 3.18. The Morgan fingerprint density at radius 1 is 1.15 bits per heavy atom. The number of ether oxygens (including phenoxy) is 1. The first-order chi connectivity index (χ1) is 9.54. The molecule has 2 aromatic rings. The van der Waals surface area contributed by atoms with E-state index in [1.165, 1.54) is 18.2 Å². The quantitative estimate of drug-likeness (QED) is 0.859. The first-order valence-corrected chi connectivity index (χ1v) is 6.52. The van der Waals surface area contributed by atoms with Crippen LogP contribution in [0.4, 0.5) is 8.78 Å². The summed E-state index contributed by atoms with van der Waals surface area (Å²) in [5.74, 6) is -0.203. The van der Waals surface area contributed by atoms with Crippen LogP contribution in [0.15, 0.2) is 36.4 Å². The number of rotatable bonds is 1. The van der Waals surface area contributed by atoms with Crippen molar-refractivity contribution in [2.45, 2.75) is 25.5 Å². The third-order valence-electron chi connectivity index (χ3n) is 3.68. The first-order valence-electron chi connectivity index (χ1n) is 6.52. The second-order valence-electron chi connectivity index (χ2n) is 5.14. The van der Waals surface area contributed by atoms with Crippen molar-refractivity contribution >= 4 is 0 Å². The lowest BCUT2D eigenvalue weighted by Gasteiger charge is -2.30. The second-order valence-corrected chi connectivity index (χ2v) is 5.14. The molecule has 2 atom stereocenters. The highest BCUT2D eigenvalue weighted by Crippen LogP contribution is 2.40. The Morgan fingerprint density at radius 3 is 2.70 bits per heavy atom. The number of fused-ring (bicyclic) bond motifs is 1. The van der Waals surface area contributed by atoms with Crippen molar-refractivity contribution in [1.82, 2.24) is 0 Å². The Labute approximate surface area is 116 Å². The molecule has 4 heteroatoms. The maximum absolute atomic E-state index is 13.6. The largest absolute Gasteiger partial charge is 0.485 e. The molecule has 2 nitrogen and oxygen atoms in total. The zero-order valence-corrected chi connectivity index (χ0v) is 11.1. The van der Waals surface area contributed by atoms with Crippen LogP contribution in [0.25, 0.3) is 0 Å². The molecule has 2 aromatic carbocycles. The number of hydrogen-bond donors (Lipinski definition) is 1. The third-order valence-corrected chi connectivity index (χ3v) is 3.68. The summed E-state index contributed by atoms with van der Waals surface area (Å²) in [5, 5.41) is 0. The van der Waals surface area contributed by atoms with E-state index in [0.29, 0.717) is 17.7 Å². The lowest BCUT2D eigenvalue weighted by atomic mass is 9.93. The smallest absolute Gasteiger partial charge is 0.127 e. The standard InChI is InChI=1S/C16H15F2NO/c1-9-2-3-10(6-13(9)18)15-8-14(19)12-5-4-11(17)7-16(12)20-15/h2-7,14-15H,8,19H2,1H3. The van der Waals surface area contributed by atoms with Crippen molar-refractivity contribution in [2.24, 2.45) is 5.73 Å². The lowest BCUT2D eigenvalue weighted by Crippen LogP contribution is -2.24. The Hall–Kier alpha value is -1.94. The Morgan fingerprint density at radius 2 is 1.95 bits per heavy atom. The van der Waals surface area contributed by atoms with Crippen molar-refractivity contribution in [3.63, 3.8) is 0 Å². The van der Waals surface area contributed by atoms with Crippen LogP contribution in [0.3, 0.4) is 0 Å². The van der Waals surface area contributed by atoms with E-state index < -0.39 is 0 Å². The van der Waals surface area contributed by atoms with Gasteiger partial charge in [-0.15, -0.1) is 0 Å². The molecule has 2 N–H and O–H groups in total. The van der Waals surface area contributed by atoms with E-state index in [2.05, 4.69) is 0 Å². The molecule has 0 aliphatic carbocycles. The molecule has 0 amide bonds. The van der Waals surface area contributed by atoms with Crippen molar-refractivity contribution in [3.8, 4) is 5.75 Å². The molecule has 0 spiro atoms. The van der Waals surface area contributed by atoms with E-state index >= 15 is 0 Å². The normalized spacial score (nSPS) is 21.2. The number of benzene rings is 2. The van der Waals surface area contributed by atoms with Crippen molar-refractivity contribution in [1.29, 1.82) is 0 Å². The molecule has 0 bridgehead atoms.